The van der Waals surface area contributed by atoms with Crippen LogP contribution >= 0.6 is 0 Å². The van der Waals surface area contributed by atoms with Gasteiger partial charge >= 0.3 is 0 Å². The van der Waals surface area contributed by atoms with Crippen molar-refractivity contribution >= 4 is 5.91 Å². The summed E-state index contributed by atoms with van der Waals surface area (Å²) < 4.78 is 5.53. The molecule has 0 atom stereocenters. The molecule has 1 aromatic rings. The average molecular weight is 290 g/mol. The van der Waals surface area contributed by atoms with E-state index in [2.05, 4.69) is 22.8 Å². The van der Waals surface area contributed by atoms with Gasteiger partial charge in [0.05, 0.1) is 7.11 Å². The van der Waals surface area contributed by atoms with E-state index >= 15 is 0 Å². The van der Waals surface area contributed by atoms with Gasteiger partial charge in [0, 0.05) is 30.5 Å². The number of nitrogens with one attached hydrogen (secondary N) is 2. The third-order valence-electron chi connectivity index (χ3n) is 4.46. The molecule has 1 aliphatic carbocycles. The number of carbonyl (C=O) groups excluding carboxylic acids is 1. The monoisotopic (exact) mass is 290 g/mol. The van der Waals surface area contributed by atoms with Crippen molar-refractivity contribution in [3.05, 3.63) is 29.8 Å². The number of ether oxygens (including phenoxy) is 1. The fraction of sp³-hybridized carbons (Fsp3) is 0.588. The van der Waals surface area contributed by atoms with Gasteiger partial charge in [0.2, 0.25) is 5.91 Å². The smallest absolute Gasteiger partial charge is 0.221 e. The van der Waals surface area contributed by atoms with Crippen molar-refractivity contribution in [3.63, 3.8) is 0 Å². The Balaban J connectivity index is 2.11. The molecule has 0 spiro atoms. The number of amides is 1. The lowest BCUT2D eigenvalue weighted by atomic mass is 9.78. The zero-order valence-electron chi connectivity index (χ0n) is 13.1. The highest BCUT2D eigenvalue weighted by Gasteiger charge is 2.37. The highest BCUT2D eigenvalue weighted by Crippen LogP contribution is 2.44. The van der Waals surface area contributed by atoms with Crippen LogP contribution in [-0.4, -0.2) is 33.2 Å². The molecule has 1 aromatic carbocycles. The molecule has 1 saturated carbocycles. The number of hydrogen-bond donors (Lipinski definition) is 2. The lowest BCUT2D eigenvalue weighted by Crippen LogP contribution is -2.39. The predicted molar refractivity (Wildman–Crippen MR) is 84.7 cm³/mol. The number of hydrogen-bond acceptors (Lipinski definition) is 3. The van der Waals surface area contributed by atoms with Gasteiger partial charge < -0.3 is 15.4 Å². The molecule has 4 nitrogen and oxygen atoms in total. The molecule has 116 valence electrons. The Morgan fingerprint density at radius 3 is 2.67 bits per heavy atom. The van der Waals surface area contributed by atoms with E-state index in [0.29, 0.717) is 19.5 Å². The van der Waals surface area contributed by atoms with Gasteiger partial charge in [-0.15, -0.1) is 0 Å². The molecule has 2 rings (SSSR count). The van der Waals surface area contributed by atoms with Crippen LogP contribution in [0.4, 0.5) is 0 Å². The Labute approximate surface area is 127 Å². The Kier molecular flexibility index (Phi) is 5.62. The van der Waals surface area contributed by atoms with Crippen molar-refractivity contribution in [1.29, 1.82) is 0 Å². The third kappa shape index (κ3) is 3.76. The van der Waals surface area contributed by atoms with E-state index in [-0.39, 0.29) is 11.3 Å². The predicted octanol–water partition coefficient (Wildman–Crippen LogP) is 2.23. The van der Waals surface area contributed by atoms with Crippen LogP contribution in [-0.2, 0) is 10.2 Å². The molecule has 2 N–H and O–H groups in total. The maximum absolute atomic E-state index is 11.9. The highest BCUT2D eigenvalue weighted by molar-refractivity contribution is 5.76. The third-order valence-corrected chi connectivity index (χ3v) is 4.46. The number of carbonyl (C=O) groups is 1. The standard InChI is InChI=1S/C17H26N2O2/c1-18-12-9-16(20)19-13-17(10-5-6-11-17)14-7-3-4-8-15(14)21-2/h3-4,7-8,18H,5-6,9-13H2,1-2H3,(H,19,20). The van der Waals surface area contributed by atoms with Crippen LogP contribution in [0.2, 0.25) is 0 Å². The normalized spacial score (nSPS) is 16.7. The van der Waals surface area contributed by atoms with Gasteiger partial charge in [-0.1, -0.05) is 31.0 Å². The van der Waals surface area contributed by atoms with Crippen LogP contribution in [0.25, 0.3) is 0 Å². The molecule has 0 aromatic heterocycles. The Morgan fingerprint density at radius 2 is 2.00 bits per heavy atom. The zero-order valence-corrected chi connectivity index (χ0v) is 13.1. The van der Waals surface area contributed by atoms with Gasteiger partial charge in [0.25, 0.3) is 0 Å². The van der Waals surface area contributed by atoms with Gasteiger partial charge in [-0.25, -0.2) is 0 Å². The van der Waals surface area contributed by atoms with Crippen LogP contribution in [0.3, 0.4) is 0 Å². The fourth-order valence-electron chi connectivity index (χ4n) is 3.27. The van der Waals surface area contributed by atoms with Gasteiger partial charge in [-0.3, -0.25) is 4.79 Å². The van der Waals surface area contributed by atoms with Gasteiger partial charge in [0.1, 0.15) is 5.75 Å². The summed E-state index contributed by atoms with van der Waals surface area (Å²) in [6.45, 7) is 1.42. The minimum absolute atomic E-state index is 0.0297. The number of rotatable bonds is 7. The summed E-state index contributed by atoms with van der Waals surface area (Å²) in [5, 5.41) is 6.12. The zero-order chi connectivity index (χ0) is 15.1. The second-order valence-corrected chi connectivity index (χ2v) is 5.82. The molecule has 4 heteroatoms. The Morgan fingerprint density at radius 1 is 1.29 bits per heavy atom. The first kappa shape index (κ1) is 15.8. The topological polar surface area (TPSA) is 50.4 Å². The Hall–Kier alpha value is -1.55. The van der Waals surface area contributed by atoms with E-state index in [1.807, 2.05) is 19.2 Å². The van der Waals surface area contributed by atoms with E-state index in [1.165, 1.54) is 18.4 Å². The van der Waals surface area contributed by atoms with Crippen LogP contribution in [0.15, 0.2) is 24.3 Å². The number of benzene rings is 1. The molecule has 1 amide bonds. The van der Waals surface area contributed by atoms with Crippen LogP contribution in [0.1, 0.15) is 37.7 Å². The summed E-state index contributed by atoms with van der Waals surface area (Å²) in [6, 6.07) is 8.21. The van der Waals surface area contributed by atoms with Gasteiger partial charge in [-0.05, 0) is 26.0 Å². The van der Waals surface area contributed by atoms with Crippen molar-refractivity contribution < 1.29 is 9.53 Å². The van der Waals surface area contributed by atoms with E-state index in [9.17, 15) is 4.79 Å². The maximum atomic E-state index is 11.9. The molecule has 1 aliphatic rings. The minimum atomic E-state index is 0.0297. The second kappa shape index (κ2) is 7.46. The summed E-state index contributed by atoms with van der Waals surface area (Å²) >= 11 is 0. The summed E-state index contributed by atoms with van der Waals surface area (Å²) in [5.74, 6) is 1.05. The van der Waals surface area contributed by atoms with Gasteiger partial charge in [-0.2, -0.15) is 0 Å². The largest absolute Gasteiger partial charge is 0.496 e. The summed E-state index contributed by atoms with van der Waals surface area (Å²) in [4.78, 5) is 11.9. The maximum Gasteiger partial charge on any atom is 0.221 e. The highest BCUT2D eigenvalue weighted by atomic mass is 16.5. The molecule has 0 unspecified atom stereocenters. The van der Waals surface area contributed by atoms with Crippen molar-refractivity contribution in [1.82, 2.24) is 10.6 Å². The lowest BCUT2D eigenvalue weighted by molar-refractivity contribution is -0.121. The summed E-state index contributed by atoms with van der Waals surface area (Å²) in [6.07, 6.45) is 5.17. The lowest BCUT2D eigenvalue weighted by Gasteiger charge is -2.31. The van der Waals surface area contributed by atoms with Gasteiger partial charge in [0.15, 0.2) is 0 Å². The molecule has 0 aliphatic heterocycles. The first-order valence-corrected chi connectivity index (χ1v) is 7.77. The summed E-state index contributed by atoms with van der Waals surface area (Å²) in [5.41, 5.74) is 1.26. The molecule has 1 fully saturated rings. The van der Waals surface area contributed by atoms with Crippen molar-refractivity contribution in [2.75, 3.05) is 27.2 Å². The number of para-hydroxylation sites is 1. The minimum Gasteiger partial charge on any atom is -0.496 e. The van der Waals surface area contributed by atoms with E-state index < -0.39 is 0 Å². The van der Waals surface area contributed by atoms with E-state index in [0.717, 1.165) is 18.6 Å². The SMILES string of the molecule is CNCCC(=O)NCC1(c2ccccc2OC)CCCC1. The van der Waals surface area contributed by atoms with Crippen molar-refractivity contribution in [3.8, 4) is 5.75 Å². The van der Waals surface area contributed by atoms with E-state index in [1.54, 1.807) is 7.11 Å². The van der Waals surface area contributed by atoms with E-state index in [4.69, 9.17) is 4.74 Å². The first-order valence-electron chi connectivity index (χ1n) is 7.77. The van der Waals surface area contributed by atoms with Crippen molar-refractivity contribution in [2.45, 2.75) is 37.5 Å². The molecule has 0 radical (unpaired) electrons. The van der Waals surface area contributed by atoms with Crippen molar-refractivity contribution in [2.24, 2.45) is 0 Å². The number of methoxy groups -OCH3 is 1. The van der Waals surface area contributed by atoms with Crippen LogP contribution in [0, 0.1) is 0 Å². The van der Waals surface area contributed by atoms with Crippen LogP contribution in [0.5, 0.6) is 5.75 Å². The van der Waals surface area contributed by atoms with Crippen LogP contribution < -0.4 is 15.4 Å². The summed E-state index contributed by atoms with van der Waals surface area (Å²) in [7, 11) is 3.58. The molecule has 0 saturated heterocycles. The second-order valence-electron chi connectivity index (χ2n) is 5.82. The average Bonchev–Trinajstić information content (AvgIpc) is 3.01. The first-order chi connectivity index (χ1) is 10.2. The fourth-order valence-corrected chi connectivity index (χ4v) is 3.27. The Bertz CT molecular complexity index is 468. The molecule has 21 heavy (non-hydrogen) atoms. The molecule has 0 bridgehead atoms. The molecule has 0 heterocycles. The quantitative estimate of drug-likeness (QED) is 0.809. The molecular weight excluding hydrogens is 264 g/mol. The molecular formula is C17H26N2O2.